The van der Waals surface area contributed by atoms with Crippen LogP contribution in [0, 0.1) is 0 Å². The van der Waals surface area contributed by atoms with Gasteiger partial charge in [-0.2, -0.15) is 0 Å². The molecular weight excluding hydrogens is 420 g/mol. The lowest BCUT2D eigenvalue weighted by atomic mass is 9.92. The molecule has 0 saturated carbocycles. The van der Waals surface area contributed by atoms with Crippen molar-refractivity contribution in [1.29, 1.82) is 0 Å². The Morgan fingerprint density at radius 2 is 0.771 bits per heavy atom. The van der Waals surface area contributed by atoms with E-state index < -0.39 is 0 Å². The Morgan fingerprint density at radius 3 is 1.23 bits per heavy atom. The fourth-order valence-electron chi connectivity index (χ4n) is 6.14. The van der Waals surface area contributed by atoms with Gasteiger partial charge in [0.25, 0.3) is 0 Å². The molecule has 0 aromatic heterocycles. The summed E-state index contributed by atoms with van der Waals surface area (Å²) in [5.41, 5.74) is 2.61. The van der Waals surface area contributed by atoms with E-state index in [2.05, 4.69) is 121 Å². The van der Waals surface area contributed by atoms with Crippen molar-refractivity contribution in [3.05, 3.63) is 126 Å². The van der Waals surface area contributed by atoms with Crippen molar-refractivity contribution >= 4 is 70.7 Å². The smallest absolute Gasteiger partial charge is 0.00264 e. The van der Waals surface area contributed by atoms with E-state index in [9.17, 15) is 0 Å². The summed E-state index contributed by atoms with van der Waals surface area (Å²) in [6.07, 6.45) is 5.50. The van der Waals surface area contributed by atoms with E-state index in [0.717, 1.165) is 6.42 Å². The van der Waals surface area contributed by atoms with Crippen molar-refractivity contribution in [3.8, 4) is 0 Å². The Hall–Kier alpha value is -4.42. The van der Waals surface area contributed by atoms with Gasteiger partial charge in [-0.1, -0.05) is 109 Å². The van der Waals surface area contributed by atoms with Gasteiger partial charge < -0.3 is 0 Å². The average molecular weight is 443 g/mol. The van der Waals surface area contributed by atoms with Crippen molar-refractivity contribution in [2.75, 3.05) is 0 Å². The third-order valence-electron chi connectivity index (χ3n) is 7.67. The summed E-state index contributed by atoms with van der Waals surface area (Å²) in [6.45, 7) is 0. The first-order chi connectivity index (χ1) is 17.3. The molecule has 35 heavy (non-hydrogen) atoms. The number of hydrogen-bond donors (Lipinski definition) is 0. The largest absolute Gasteiger partial charge is 0.0795 e. The summed E-state index contributed by atoms with van der Waals surface area (Å²) in [6, 6.07) is 40.6. The predicted octanol–water partition coefficient (Wildman–Crippen LogP) is 9.74. The second-order valence-corrected chi connectivity index (χ2v) is 9.79. The molecule has 0 heteroatoms. The van der Waals surface area contributed by atoms with Crippen LogP contribution in [0.25, 0.3) is 70.7 Å². The quantitative estimate of drug-likeness (QED) is 0.239. The van der Waals surface area contributed by atoms with Crippen LogP contribution in [0.15, 0.2) is 115 Å². The van der Waals surface area contributed by atoms with Gasteiger partial charge in [0.1, 0.15) is 0 Å². The van der Waals surface area contributed by atoms with Crippen molar-refractivity contribution in [2.45, 2.75) is 6.42 Å². The van der Waals surface area contributed by atoms with Crippen LogP contribution in [0.2, 0.25) is 0 Å². The molecule has 0 fully saturated rings. The second-order valence-electron chi connectivity index (χ2n) is 9.79. The minimum Gasteiger partial charge on any atom is -0.0795 e. The van der Waals surface area contributed by atoms with Crippen molar-refractivity contribution in [1.82, 2.24) is 0 Å². The van der Waals surface area contributed by atoms with Gasteiger partial charge >= 0.3 is 0 Å². The first-order valence-electron chi connectivity index (χ1n) is 12.3. The summed E-state index contributed by atoms with van der Waals surface area (Å²) in [5, 5.41) is 16.1. The number of allylic oxidation sites excluding steroid dienone is 1. The monoisotopic (exact) mass is 442 g/mol. The van der Waals surface area contributed by atoms with Gasteiger partial charge in [-0.05, 0) is 94.3 Å². The standard InChI is InChI=1S/C35H22/c1(4-22-18-28-14-10-24-6-2-7-25-11-15-29(19-22)34(28)32(24)25)5-23-20-30-16-12-26-8-3-9-27-13-17-31(21-23)35(30)33(26)27/h1-4,6-21H,5H2. The Kier molecular flexibility index (Phi) is 3.81. The molecule has 0 atom stereocenters. The summed E-state index contributed by atoms with van der Waals surface area (Å²) in [7, 11) is 0. The van der Waals surface area contributed by atoms with Crippen LogP contribution in [-0.4, -0.2) is 0 Å². The van der Waals surface area contributed by atoms with E-state index in [0.29, 0.717) is 0 Å². The lowest BCUT2D eigenvalue weighted by molar-refractivity contribution is 1.30. The van der Waals surface area contributed by atoms with Gasteiger partial charge in [-0.15, -0.1) is 0 Å². The minimum absolute atomic E-state index is 0.918. The Labute approximate surface area is 203 Å². The van der Waals surface area contributed by atoms with E-state index in [4.69, 9.17) is 0 Å². The highest BCUT2D eigenvalue weighted by Gasteiger charge is 2.10. The highest BCUT2D eigenvalue weighted by Crippen LogP contribution is 2.36. The lowest BCUT2D eigenvalue weighted by Gasteiger charge is -2.12. The van der Waals surface area contributed by atoms with Gasteiger partial charge in [0.05, 0.1) is 0 Å². The minimum atomic E-state index is 0.918. The first-order valence-corrected chi connectivity index (χ1v) is 12.3. The van der Waals surface area contributed by atoms with E-state index in [-0.39, 0.29) is 0 Å². The molecule has 8 rings (SSSR count). The molecule has 0 spiro atoms. The molecule has 0 heterocycles. The fourth-order valence-corrected chi connectivity index (χ4v) is 6.14. The summed E-state index contributed by atoms with van der Waals surface area (Å²) < 4.78 is 0. The van der Waals surface area contributed by atoms with E-state index in [1.165, 1.54) is 75.8 Å². The van der Waals surface area contributed by atoms with Crippen molar-refractivity contribution < 1.29 is 0 Å². The van der Waals surface area contributed by atoms with E-state index >= 15 is 0 Å². The van der Waals surface area contributed by atoms with Crippen LogP contribution in [0.4, 0.5) is 0 Å². The molecule has 0 bridgehead atoms. The molecule has 162 valence electrons. The van der Waals surface area contributed by atoms with Gasteiger partial charge in [0.2, 0.25) is 0 Å². The zero-order valence-electron chi connectivity index (χ0n) is 19.3. The van der Waals surface area contributed by atoms with Crippen LogP contribution < -0.4 is 0 Å². The zero-order valence-corrected chi connectivity index (χ0v) is 19.3. The van der Waals surface area contributed by atoms with E-state index in [1.807, 2.05) is 0 Å². The molecule has 0 aliphatic rings. The summed E-state index contributed by atoms with van der Waals surface area (Å²) in [5.74, 6) is 0. The Bertz CT molecular complexity index is 1950. The summed E-state index contributed by atoms with van der Waals surface area (Å²) in [4.78, 5) is 0. The molecule has 8 aromatic carbocycles. The molecule has 0 N–H and O–H groups in total. The molecule has 0 unspecified atom stereocenters. The Balaban J connectivity index is 1.19. The SMILES string of the molecule is C(=Cc1cc2ccc3cccc4ccc(c1)c2c34)Cc1cc2ccc3cccc4ccc(c1)c2c34. The van der Waals surface area contributed by atoms with Crippen molar-refractivity contribution in [2.24, 2.45) is 0 Å². The number of hydrogen-bond acceptors (Lipinski definition) is 0. The van der Waals surface area contributed by atoms with Crippen LogP contribution in [-0.2, 0) is 6.42 Å². The highest BCUT2D eigenvalue weighted by molar-refractivity contribution is 6.24. The van der Waals surface area contributed by atoms with Crippen LogP contribution in [0.5, 0.6) is 0 Å². The zero-order chi connectivity index (χ0) is 22.9. The number of rotatable bonds is 3. The third kappa shape index (κ3) is 2.80. The van der Waals surface area contributed by atoms with Gasteiger partial charge in [0.15, 0.2) is 0 Å². The van der Waals surface area contributed by atoms with Gasteiger partial charge in [0, 0.05) is 0 Å². The fraction of sp³-hybridized carbons (Fsp3) is 0.0286. The number of benzene rings is 8. The summed E-state index contributed by atoms with van der Waals surface area (Å²) >= 11 is 0. The topological polar surface area (TPSA) is 0 Å². The highest BCUT2D eigenvalue weighted by atomic mass is 14.1. The third-order valence-corrected chi connectivity index (χ3v) is 7.67. The van der Waals surface area contributed by atoms with Crippen LogP contribution in [0.1, 0.15) is 11.1 Å². The van der Waals surface area contributed by atoms with Gasteiger partial charge in [-0.25, -0.2) is 0 Å². The second kappa shape index (κ2) is 7.04. The average Bonchev–Trinajstić information content (AvgIpc) is 2.90. The maximum absolute atomic E-state index is 2.36. The maximum Gasteiger partial charge on any atom is -0.00264 e. The van der Waals surface area contributed by atoms with E-state index in [1.54, 1.807) is 0 Å². The van der Waals surface area contributed by atoms with Gasteiger partial charge in [-0.3, -0.25) is 0 Å². The molecule has 8 aromatic rings. The maximum atomic E-state index is 2.36. The molecular formula is C35H22. The predicted molar refractivity (Wildman–Crippen MR) is 153 cm³/mol. The Morgan fingerprint density at radius 1 is 0.400 bits per heavy atom. The molecule has 0 amide bonds. The lowest BCUT2D eigenvalue weighted by Crippen LogP contribution is -1.88. The molecule has 0 aliphatic heterocycles. The van der Waals surface area contributed by atoms with Crippen LogP contribution >= 0.6 is 0 Å². The van der Waals surface area contributed by atoms with Crippen LogP contribution in [0.3, 0.4) is 0 Å². The normalized spacial score (nSPS) is 12.6. The molecule has 0 saturated heterocycles. The molecule has 0 nitrogen and oxygen atoms in total. The molecule has 0 aliphatic carbocycles. The van der Waals surface area contributed by atoms with Crippen molar-refractivity contribution in [3.63, 3.8) is 0 Å². The first kappa shape index (κ1) is 18.9. The molecule has 0 radical (unpaired) electrons.